The van der Waals surface area contributed by atoms with Gasteiger partial charge in [0.05, 0.1) is 12.7 Å². The molecule has 1 heterocycles. The normalized spacial score (nSPS) is 22.5. The number of aliphatic carboxylic acids is 1. The number of hydrogen-bond acceptors (Lipinski definition) is 4. The molecular formula is C10H20N2O4S. The lowest BCUT2D eigenvalue weighted by molar-refractivity contribution is -0.137. The third kappa shape index (κ3) is 5.99. The number of likely N-dealkylation sites (tertiary alicyclic amines) is 1. The number of hydrogen-bond donors (Lipinski definition) is 2. The second kappa shape index (κ2) is 6.32. The highest BCUT2D eigenvalue weighted by Crippen LogP contribution is 2.16. The standard InChI is InChI=1S/C10H20N2O4S/c1-17(15,16)11-8-9-4-2-3-6-12(9)7-5-10(13)14/h9,11H,2-8H2,1H3,(H,13,14). The van der Waals surface area contributed by atoms with Gasteiger partial charge in [-0.3, -0.25) is 9.69 Å². The molecule has 0 radical (unpaired) electrons. The Morgan fingerprint density at radius 2 is 2.18 bits per heavy atom. The van der Waals surface area contributed by atoms with Gasteiger partial charge in [-0.05, 0) is 19.4 Å². The molecule has 1 atom stereocenters. The molecule has 1 saturated heterocycles. The maximum absolute atomic E-state index is 11.0. The van der Waals surface area contributed by atoms with Crippen molar-refractivity contribution in [3.63, 3.8) is 0 Å². The summed E-state index contributed by atoms with van der Waals surface area (Å²) in [5, 5.41) is 8.65. The number of rotatable bonds is 6. The van der Waals surface area contributed by atoms with E-state index < -0.39 is 16.0 Å². The lowest BCUT2D eigenvalue weighted by atomic mass is 10.0. The fraction of sp³-hybridized carbons (Fsp3) is 0.900. The van der Waals surface area contributed by atoms with Crippen molar-refractivity contribution in [2.24, 2.45) is 0 Å². The minimum atomic E-state index is -3.17. The van der Waals surface area contributed by atoms with E-state index in [1.807, 2.05) is 0 Å². The van der Waals surface area contributed by atoms with E-state index in [1.165, 1.54) is 0 Å². The van der Waals surface area contributed by atoms with Gasteiger partial charge in [0, 0.05) is 19.1 Å². The Morgan fingerprint density at radius 3 is 2.76 bits per heavy atom. The van der Waals surface area contributed by atoms with Crippen LogP contribution in [0, 0.1) is 0 Å². The maximum atomic E-state index is 11.0. The topological polar surface area (TPSA) is 86.7 Å². The van der Waals surface area contributed by atoms with E-state index >= 15 is 0 Å². The first kappa shape index (κ1) is 14.4. The molecule has 0 aromatic carbocycles. The molecule has 1 fully saturated rings. The summed E-state index contributed by atoms with van der Waals surface area (Å²) in [6, 6.07) is 0.123. The number of carboxylic acid groups (broad SMARTS) is 1. The monoisotopic (exact) mass is 264 g/mol. The van der Waals surface area contributed by atoms with E-state index in [4.69, 9.17) is 5.11 Å². The summed E-state index contributed by atoms with van der Waals surface area (Å²) in [6.45, 7) is 1.72. The molecule has 0 aromatic rings. The van der Waals surface area contributed by atoms with E-state index in [0.717, 1.165) is 32.1 Å². The van der Waals surface area contributed by atoms with Crippen LogP contribution in [0.25, 0.3) is 0 Å². The maximum Gasteiger partial charge on any atom is 0.304 e. The van der Waals surface area contributed by atoms with Crippen LogP contribution in [-0.4, -0.2) is 56.3 Å². The molecule has 1 aliphatic heterocycles. The zero-order valence-electron chi connectivity index (χ0n) is 10.1. The van der Waals surface area contributed by atoms with Gasteiger partial charge < -0.3 is 5.11 Å². The van der Waals surface area contributed by atoms with Gasteiger partial charge in [-0.1, -0.05) is 6.42 Å². The SMILES string of the molecule is CS(=O)(=O)NCC1CCCCN1CCC(=O)O. The van der Waals surface area contributed by atoms with Crippen LogP contribution in [0.15, 0.2) is 0 Å². The molecule has 7 heteroatoms. The van der Waals surface area contributed by atoms with Crippen LogP contribution < -0.4 is 4.72 Å². The molecule has 1 rings (SSSR count). The second-order valence-electron chi connectivity index (χ2n) is 4.45. The van der Waals surface area contributed by atoms with Crippen LogP contribution in [0.3, 0.4) is 0 Å². The minimum Gasteiger partial charge on any atom is -0.481 e. The first-order valence-corrected chi connectivity index (χ1v) is 7.68. The lowest BCUT2D eigenvalue weighted by Gasteiger charge is -2.35. The smallest absolute Gasteiger partial charge is 0.304 e. The molecule has 0 bridgehead atoms. The summed E-state index contributed by atoms with van der Waals surface area (Å²) in [5.74, 6) is -0.814. The Morgan fingerprint density at radius 1 is 1.47 bits per heavy atom. The number of carbonyl (C=O) groups is 1. The van der Waals surface area contributed by atoms with E-state index in [2.05, 4.69) is 9.62 Å². The molecule has 0 amide bonds. The lowest BCUT2D eigenvalue weighted by Crippen LogP contribution is -2.47. The van der Waals surface area contributed by atoms with E-state index in [-0.39, 0.29) is 12.5 Å². The van der Waals surface area contributed by atoms with Crippen LogP contribution >= 0.6 is 0 Å². The van der Waals surface area contributed by atoms with Crippen LogP contribution in [0.4, 0.5) is 0 Å². The van der Waals surface area contributed by atoms with Gasteiger partial charge in [0.2, 0.25) is 10.0 Å². The highest BCUT2D eigenvalue weighted by molar-refractivity contribution is 7.88. The Hall–Kier alpha value is -0.660. The number of carboxylic acids is 1. The highest BCUT2D eigenvalue weighted by Gasteiger charge is 2.23. The van der Waals surface area contributed by atoms with Crippen molar-refractivity contribution in [1.82, 2.24) is 9.62 Å². The first-order chi connectivity index (χ1) is 7.88. The Labute approximate surface area is 102 Å². The molecule has 0 spiro atoms. The number of sulfonamides is 1. The summed E-state index contributed by atoms with van der Waals surface area (Å²) in [5.41, 5.74) is 0. The second-order valence-corrected chi connectivity index (χ2v) is 6.28. The van der Waals surface area contributed by atoms with Crippen molar-refractivity contribution in [3.05, 3.63) is 0 Å². The van der Waals surface area contributed by atoms with Crippen LogP contribution in [0.1, 0.15) is 25.7 Å². The summed E-state index contributed by atoms with van der Waals surface area (Å²) < 4.78 is 24.5. The van der Waals surface area contributed by atoms with Gasteiger partial charge in [-0.25, -0.2) is 13.1 Å². The van der Waals surface area contributed by atoms with Crippen molar-refractivity contribution in [3.8, 4) is 0 Å². The van der Waals surface area contributed by atoms with E-state index in [9.17, 15) is 13.2 Å². The predicted octanol–water partition coefficient (Wildman–Crippen LogP) is -0.135. The third-order valence-electron chi connectivity index (χ3n) is 2.94. The van der Waals surface area contributed by atoms with Gasteiger partial charge in [-0.2, -0.15) is 0 Å². The number of nitrogens with zero attached hydrogens (tertiary/aromatic N) is 1. The van der Waals surface area contributed by atoms with Crippen LogP contribution in [-0.2, 0) is 14.8 Å². The average Bonchev–Trinajstić information content (AvgIpc) is 2.23. The fourth-order valence-electron chi connectivity index (χ4n) is 2.07. The molecule has 2 N–H and O–H groups in total. The predicted molar refractivity (Wildman–Crippen MR) is 64.3 cm³/mol. The van der Waals surface area contributed by atoms with Crippen molar-refractivity contribution in [2.75, 3.05) is 25.9 Å². The zero-order chi connectivity index (χ0) is 12.9. The van der Waals surface area contributed by atoms with Crippen molar-refractivity contribution < 1.29 is 18.3 Å². The summed E-state index contributed by atoms with van der Waals surface area (Å²) in [4.78, 5) is 12.6. The van der Waals surface area contributed by atoms with Crippen molar-refractivity contribution in [2.45, 2.75) is 31.7 Å². The molecule has 17 heavy (non-hydrogen) atoms. The van der Waals surface area contributed by atoms with Gasteiger partial charge in [-0.15, -0.1) is 0 Å². The number of nitrogens with one attached hydrogen (secondary N) is 1. The summed E-state index contributed by atoms with van der Waals surface area (Å²) in [7, 11) is -3.17. The molecule has 1 unspecified atom stereocenters. The Balaban J connectivity index is 2.45. The quantitative estimate of drug-likeness (QED) is 0.697. The summed E-state index contributed by atoms with van der Waals surface area (Å²) >= 11 is 0. The van der Waals surface area contributed by atoms with Crippen LogP contribution in [0.5, 0.6) is 0 Å². The molecule has 6 nitrogen and oxygen atoms in total. The molecule has 100 valence electrons. The molecule has 0 aliphatic carbocycles. The van der Waals surface area contributed by atoms with E-state index in [0.29, 0.717) is 13.1 Å². The van der Waals surface area contributed by atoms with Gasteiger partial charge >= 0.3 is 5.97 Å². The molecule has 1 aliphatic rings. The average molecular weight is 264 g/mol. The Bertz CT molecular complexity index is 355. The summed E-state index contributed by atoms with van der Waals surface area (Å²) in [6.07, 6.45) is 4.28. The zero-order valence-corrected chi connectivity index (χ0v) is 10.9. The molecular weight excluding hydrogens is 244 g/mol. The first-order valence-electron chi connectivity index (χ1n) is 5.79. The third-order valence-corrected chi connectivity index (χ3v) is 3.63. The van der Waals surface area contributed by atoms with E-state index in [1.54, 1.807) is 0 Å². The Kier molecular flexibility index (Phi) is 5.35. The van der Waals surface area contributed by atoms with Crippen LogP contribution in [0.2, 0.25) is 0 Å². The fourth-order valence-corrected chi connectivity index (χ4v) is 2.57. The molecule has 0 aromatic heterocycles. The molecule has 0 saturated carbocycles. The van der Waals surface area contributed by atoms with Crippen molar-refractivity contribution >= 4 is 16.0 Å². The number of piperidine rings is 1. The minimum absolute atomic E-state index is 0.107. The largest absolute Gasteiger partial charge is 0.481 e. The van der Waals surface area contributed by atoms with Gasteiger partial charge in [0.25, 0.3) is 0 Å². The van der Waals surface area contributed by atoms with Gasteiger partial charge in [0.1, 0.15) is 0 Å². The van der Waals surface area contributed by atoms with Gasteiger partial charge in [0.15, 0.2) is 0 Å². The highest BCUT2D eigenvalue weighted by atomic mass is 32.2. The van der Waals surface area contributed by atoms with Crippen molar-refractivity contribution in [1.29, 1.82) is 0 Å².